The number of carbonyl (C=O) groups is 3. The van der Waals surface area contributed by atoms with Crippen LogP contribution in [-0.2, 0) is 20.7 Å². The summed E-state index contributed by atoms with van der Waals surface area (Å²) in [6, 6.07) is 20.3. The Morgan fingerprint density at radius 3 is 2.12 bits per heavy atom. The molecule has 1 amide bonds. The van der Waals surface area contributed by atoms with Gasteiger partial charge in [-0.25, -0.2) is 4.79 Å². The first-order valence-electron chi connectivity index (χ1n) is 14.2. The highest BCUT2D eigenvalue weighted by atomic mass is 35.5. The highest BCUT2D eigenvalue weighted by Gasteiger charge is 2.23. The first-order valence-corrected chi connectivity index (χ1v) is 14.2. The summed E-state index contributed by atoms with van der Waals surface area (Å²) in [5.41, 5.74) is 1.32. The summed E-state index contributed by atoms with van der Waals surface area (Å²) in [7, 11) is 0. The summed E-state index contributed by atoms with van der Waals surface area (Å²) in [5, 5.41) is 2.11. The van der Waals surface area contributed by atoms with Gasteiger partial charge in [-0.1, -0.05) is 42.5 Å². The van der Waals surface area contributed by atoms with Crippen LogP contribution in [0.3, 0.4) is 0 Å². The predicted molar refractivity (Wildman–Crippen MR) is 168 cm³/mol. The Balaban J connectivity index is 0.00000242. The zero-order valence-electron chi connectivity index (χ0n) is 23.7. The molecule has 2 saturated heterocycles. The zero-order chi connectivity index (χ0) is 27.7. The maximum atomic E-state index is 12.5. The highest BCUT2D eigenvalue weighted by Crippen LogP contribution is 2.20. The van der Waals surface area contributed by atoms with Gasteiger partial charge in [-0.05, 0) is 59.9 Å². The summed E-state index contributed by atoms with van der Waals surface area (Å²) in [6.45, 7) is 6.62. The number of benzene rings is 3. The first kappa shape index (κ1) is 33.3. The molecule has 0 unspecified atom stereocenters. The van der Waals surface area contributed by atoms with E-state index in [-0.39, 0.29) is 43.1 Å². The molecule has 2 fully saturated rings. The van der Waals surface area contributed by atoms with Gasteiger partial charge in [0.25, 0.3) is 0 Å². The third kappa shape index (κ3) is 9.16. The Kier molecular flexibility index (Phi) is 13.1. The molecule has 0 radical (unpaired) electrons. The summed E-state index contributed by atoms with van der Waals surface area (Å²) in [5.74, 6) is -0.131. The van der Waals surface area contributed by atoms with Gasteiger partial charge in [0.2, 0.25) is 5.91 Å². The average Bonchev–Trinajstić information content (AvgIpc) is 2.99. The van der Waals surface area contributed by atoms with Crippen molar-refractivity contribution in [3.05, 3.63) is 77.9 Å². The largest absolute Gasteiger partial charge is 0.461 e. The minimum absolute atomic E-state index is 0. The minimum atomic E-state index is -0.403. The molecule has 3 aromatic rings. The number of hydrogen-bond acceptors (Lipinski definition) is 7. The minimum Gasteiger partial charge on any atom is -0.461 e. The van der Waals surface area contributed by atoms with Gasteiger partial charge in [0.15, 0.2) is 0 Å². The van der Waals surface area contributed by atoms with E-state index in [2.05, 4.69) is 9.80 Å². The van der Waals surface area contributed by atoms with Crippen molar-refractivity contribution in [3.63, 3.8) is 0 Å². The van der Waals surface area contributed by atoms with Crippen molar-refractivity contribution in [2.75, 3.05) is 59.0 Å². The van der Waals surface area contributed by atoms with Gasteiger partial charge in [-0.15, -0.1) is 24.8 Å². The van der Waals surface area contributed by atoms with E-state index in [9.17, 15) is 14.4 Å². The number of amides is 1. The molecule has 0 spiro atoms. The van der Waals surface area contributed by atoms with Gasteiger partial charge < -0.3 is 14.4 Å². The maximum Gasteiger partial charge on any atom is 0.338 e. The maximum absolute atomic E-state index is 12.5. The topological polar surface area (TPSA) is 79.4 Å². The van der Waals surface area contributed by atoms with Gasteiger partial charge in [0, 0.05) is 45.8 Å². The monoisotopic (exact) mass is 615 g/mol. The van der Waals surface area contributed by atoms with Crippen LogP contribution in [0.1, 0.15) is 35.2 Å². The fourth-order valence-corrected chi connectivity index (χ4v) is 5.39. The first-order chi connectivity index (χ1) is 19.5. The van der Waals surface area contributed by atoms with Crippen LogP contribution < -0.4 is 4.74 Å². The molecule has 0 aromatic heterocycles. The van der Waals surface area contributed by atoms with Gasteiger partial charge in [0.05, 0.1) is 18.5 Å². The fourth-order valence-electron chi connectivity index (χ4n) is 5.39. The van der Waals surface area contributed by atoms with Crippen molar-refractivity contribution >= 4 is 53.4 Å². The molecule has 3 aromatic carbocycles. The number of rotatable bonds is 9. The standard InChI is InChI=1S/C32H37N3O5.2ClH/c36-30(35-15-4-1-5-16-35)24-34-19-17-33(18-20-34)21-22-39-32(38)26-11-13-28(14-12-26)40-31(37)23-27-9-6-8-25-7-2-3-10-29(25)27;;/h2-3,6-14H,1,4-5,15-24H2;2*1H. The predicted octanol–water partition coefficient (Wildman–Crippen LogP) is 4.62. The van der Waals surface area contributed by atoms with Crippen LogP contribution in [0.4, 0.5) is 0 Å². The number of carbonyl (C=O) groups excluding carboxylic acids is 3. The van der Waals surface area contributed by atoms with Crippen molar-refractivity contribution in [2.45, 2.75) is 25.7 Å². The normalized spacial score (nSPS) is 15.8. The van der Waals surface area contributed by atoms with Crippen LogP contribution in [0, 0.1) is 0 Å². The van der Waals surface area contributed by atoms with Crippen molar-refractivity contribution < 1.29 is 23.9 Å². The van der Waals surface area contributed by atoms with Gasteiger partial charge in [-0.3, -0.25) is 19.4 Å². The van der Waals surface area contributed by atoms with Gasteiger partial charge >= 0.3 is 11.9 Å². The second-order valence-electron chi connectivity index (χ2n) is 10.5. The van der Waals surface area contributed by atoms with E-state index in [1.807, 2.05) is 47.4 Å². The number of likely N-dealkylation sites (tertiary alicyclic amines) is 1. The van der Waals surface area contributed by atoms with Gasteiger partial charge in [0.1, 0.15) is 12.4 Å². The summed E-state index contributed by atoms with van der Waals surface area (Å²) < 4.78 is 11.0. The molecular formula is C32H39Cl2N3O5. The Labute approximate surface area is 259 Å². The van der Waals surface area contributed by atoms with E-state index >= 15 is 0 Å². The Bertz CT molecular complexity index is 1320. The lowest BCUT2D eigenvalue weighted by atomic mass is 10.0. The molecule has 0 N–H and O–H groups in total. The van der Waals surface area contributed by atoms with E-state index in [1.165, 1.54) is 6.42 Å². The van der Waals surface area contributed by atoms with Crippen LogP contribution in [0.2, 0.25) is 0 Å². The van der Waals surface area contributed by atoms with Crippen LogP contribution in [0.15, 0.2) is 66.7 Å². The third-order valence-electron chi connectivity index (χ3n) is 7.71. The third-order valence-corrected chi connectivity index (χ3v) is 7.71. The molecule has 0 bridgehead atoms. The highest BCUT2D eigenvalue weighted by molar-refractivity contribution is 5.90. The molecule has 0 saturated carbocycles. The number of hydrogen-bond donors (Lipinski definition) is 0. The molecule has 42 heavy (non-hydrogen) atoms. The molecule has 226 valence electrons. The molecule has 2 aliphatic rings. The second-order valence-corrected chi connectivity index (χ2v) is 10.5. The van der Waals surface area contributed by atoms with Crippen LogP contribution in [0.5, 0.6) is 5.75 Å². The van der Waals surface area contributed by atoms with Crippen molar-refractivity contribution in [2.24, 2.45) is 0 Å². The number of halogens is 2. The molecule has 0 atom stereocenters. The van der Waals surface area contributed by atoms with Crippen molar-refractivity contribution in [1.29, 1.82) is 0 Å². The summed E-state index contributed by atoms with van der Waals surface area (Å²) in [4.78, 5) is 44.0. The molecule has 10 heteroatoms. The van der Waals surface area contributed by atoms with Gasteiger partial charge in [-0.2, -0.15) is 0 Å². The van der Waals surface area contributed by atoms with E-state index in [0.717, 1.165) is 68.4 Å². The quantitative estimate of drug-likeness (QED) is 0.257. The van der Waals surface area contributed by atoms with Crippen LogP contribution >= 0.6 is 24.8 Å². The number of piperidine rings is 1. The number of piperazine rings is 1. The Hall–Kier alpha value is -3.17. The molecule has 0 aliphatic carbocycles. The SMILES string of the molecule is Cl.Cl.O=C(Cc1cccc2ccccc12)Oc1ccc(C(=O)OCCN2CCN(CC(=O)N3CCCCC3)CC2)cc1. The van der Waals surface area contributed by atoms with E-state index < -0.39 is 5.97 Å². The lowest BCUT2D eigenvalue weighted by Crippen LogP contribution is -2.51. The molecule has 2 heterocycles. The van der Waals surface area contributed by atoms with Crippen LogP contribution in [0.25, 0.3) is 10.8 Å². The van der Waals surface area contributed by atoms with Crippen molar-refractivity contribution in [3.8, 4) is 5.75 Å². The van der Waals surface area contributed by atoms with Crippen LogP contribution in [-0.4, -0.2) is 91.5 Å². The van der Waals surface area contributed by atoms with E-state index in [4.69, 9.17) is 9.47 Å². The number of fused-ring (bicyclic) bond motifs is 1. The number of ether oxygens (including phenoxy) is 2. The molecule has 2 aliphatic heterocycles. The molecule has 8 nitrogen and oxygen atoms in total. The summed E-state index contributed by atoms with van der Waals surface area (Å²) >= 11 is 0. The molecular weight excluding hydrogens is 577 g/mol. The smallest absolute Gasteiger partial charge is 0.338 e. The average molecular weight is 617 g/mol. The van der Waals surface area contributed by atoms with Crippen molar-refractivity contribution in [1.82, 2.24) is 14.7 Å². The fraction of sp³-hybridized carbons (Fsp3) is 0.406. The Morgan fingerprint density at radius 2 is 1.38 bits per heavy atom. The summed E-state index contributed by atoms with van der Waals surface area (Å²) in [6.07, 6.45) is 3.61. The zero-order valence-corrected chi connectivity index (χ0v) is 25.4. The second kappa shape index (κ2) is 16.5. The lowest BCUT2D eigenvalue weighted by Gasteiger charge is -2.35. The Morgan fingerprint density at radius 1 is 0.714 bits per heavy atom. The number of esters is 2. The molecule has 5 rings (SSSR count). The number of nitrogens with zero attached hydrogens (tertiary/aromatic N) is 3. The van der Waals surface area contributed by atoms with E-state index in [1.54, 1.807) is 24.3 Å². The van der Waals surface area contributed by atoms with E-state index in [0.29, 0.717) is 31.0 Å². The lowest BCUT2D eigenvalue weighted by molar-refractivity contribution is -0.134.